The van der Waals surface area contributed by atoms with Crippen LogP contribution in [0, 0.1) is 11.6 Å². The van der Waals surface area contributed by atoms with E-state index in [4.69, 9.17) is 0 Å². The van der Waals surface area contributed by atoms with Crippen molar-refractivity contribution >= 4 is 16.1 Å². The predicted octanol–water partition coefficient (Wildman–Crippen LogP) is 0.824. The first-order valence-electron chi connectivity index (χ1n) is 3.40. The second-order valence-corrected chi connectivity index (χ2v) is 4.05. The minimum atomic E-state index is -4.47. The van der Waals surface area contributed by atoms with E-state index in [-0.39, 0.29) is 0 Å². The van der Waals surface area contributed by atoms with Crippen LogP contribution in [-0.2, 0) is 14.3 Å². The molecule has 1 heterocycles. The largest absolute Gasteiger partial charge is 0.355 e. The highest BCUT2D eigenvalue weighted by Gasteiger charge is 2.39. The molecular formula is C7H2F2O4S. The molecular weight excluding hydrogens is 218 g/mol. The van der Waals surface area contributed by atoms with E-state index in [1.807, 2.05) is 0 Å². The van der Waals surface area contributed by atoms with Crippen LogP contribution in [0.25, 0.3) is 0 Å². The minimum absolute atomic E-state index is 0.482. The van der Waals surface area contributed by atoms with Crippen LogP contribution in [-0.4, -0.2) is 14.4 Å². The van der Waals surface area contributed by atoms with E-state index >= 15 is 0 Å². The first-order valence-corrected chi connectivity index (χ1v) is 4.81. The molecule has 0 saturated carbocycles. The molecule has 74 valence electrons. The number of fused-ring (bicyclic) bond motifs is 1. The van der Waals surface area contributed by atoms with Gasteiger partial charge in [-0.1, -0.05) is 0 Å². The van der Waals surface area contributed by atoms with Gasteiger partial charge >= 0.3 is 16.1 Å². The molecule has 1 aromatic carbocycles. The Bertz CT molecular complexity index is 535. The molecule has 0 radical (unpaired) electrons. The smallest absolute Gasteiger partial charge is 0.338 e. The summed E-state index contributed by atoms with van der Waals surface area (Å²) in [7, 11) is -4.47. The van der Waals surface area contributed by atoms with Gasteiger partial charge in [-0.15, -0.1) is 0 Å². The zero-order valence-electron chi connectivity index (χ0n) is 6.45. The Morgan fingerprint density at radius 1 is 1.21 bits per heavy atom. The molecule has 0 N–H and O–H groups in total. The molecule has 0 atom stereocenters. The third-order valence-corrected chi connectivity index (χ3v) is 2.98. The van der Waals surface area contributed by atoms with E-state index in [1.165, 1.54) is 0 Å². The normalized spacial score (nSPS) is 17.7. The van der Waals surface area contributed by atoms with Crippen molar-refractivity contribution in [1.82, 2.24) is 0 Å². The van der Waals surface area contributed by atoms with E-state index < -0.39 is 38.2 Å². The van der Waals surface area contributed by atoms with Gasteiger partial charge in [0.15, 0.2) is 16.5 Å². The van der Waals surface area contributed by atoms with Gasteiger partial charge in [0, 0.05) is 0 Å². The highest BCUT2D eigenvalue weighted by Crippen LogP contribution is 2.30. The maximum Gasteiger partial charge on any atom is 0.355 e. The molecule has 0 saturated heterocycles. The van der Waals surface area contributed by atoms with E-state index in [0.29, 0.717) is 6.07 Å². The predicted molar refractivity (Wildman–Crippen MR) is 39.0 cm³/mol. The van der Waals surface area contributed by atoms with Crippen molar-refractivity contribution < 1.29 is 26.2 Å². The Labute approximate surface area is 77.2 Å². The number of halogens is 2. The lowest BCUT2D eigenvalue weighted by Gasteiger charge is -1.96. The molecule has 0 amide bonds. The summed E-state index contributed by atoms with van der Waals surface area (Å²) in [5.74, 6) is -4.13. The molecule has 14 heavy (non-hydrogen) atoms. The monoisotopic (exact) mass is 220 g/mol. The van der Waals surface area contributed by atoms with Gasteiger partial charge in [-0.05, 0) is 12.1 Å². The molecule has 7 heteroatoms. The first-order chi connectivity index (χ1) is 6.43. The molecule has 0 bridgehead atoms. The Morgan fingerprint density at radius 2 is 1.86 bits per heavy atom. The van der Waals surface area contributed by atoms with Crippen LogP contribution in [0.15, 0.2) is 17.0 Å². The molecule has 1 aliphatic rings. The minimum Gasteiger partial charge on any atom is -0.338 e. The molecule has 2 rings (SSSR count). The molecule has 4 nitrogen and oxygen atoms in total. The van der Waals surface area contributed by atoms with Gasteiger partial charge in [-0.2, -0.15) is 8.42 Å². The quantitative estimate of drug-likeness (QED) is 0.607. The van der Waals surface area contributed by atoms with Gasteiger partial charge in [0.25, 0.3) is 0 Å². The van der Waals surface area contributed by atoms with E-state index in [9.17, 15) is 22.0 Å². The van der Waals surface area contributed by atoms with Gasteiger partial charge in [0.2, 0.25) is 0 Å². The zero-order chi connectivity index (χ0) is 10.5. The lowest BCUT2D eigenvalue weighted by atomic mass is 10.2. The Kier molecular flexibility index (Phi) is 1.62. The second-order valence-electron chi connectivity index (χ2n) is 2.56. The fourth-order valence-electron chi connectivity index (χ4n) is 1.12. The van der Waals surface area contributed by atoms with Crippen molar-refractivity contribution in [2.24, 2.45) is 0 Å². The van der Waals surface area contributed by atoms with Crippen molar-refractivity contribution in [3.8, 4) is 0 Å². The van der Waals surface area contributed by atoms with Crippen molar-refractivity contribution in [2.45, 2.75) is 4.90 Å². The molecule has 1 aliphatic heterocycles. The number of benzene rings is 1. The van der Waals surface area contributed by atoms with Gasteiger partial charge in [-0.3, -0.25) is 0 Å². The Hall–Kier alpha value is -1.50. The lowest BCUT2D eigenvalue weighted by Crippen LogP contribution is -2.01. The van der Waals surface area contributed by atoms with Crippen molar-refractivity contribution in [3.05, 3.63) is 29.3 Å². The molecule has 0 aliphatic carbocycles. The molecule has 0 unspecified atom stereocenters. The summed E-state index contributed by atoms with van der Waals surface area (Å²) in [4.78, 5) is 9.83. The van der Waals surface area contributed by atoms with Crippen LogP contribution in [0.5, 0.6) is 0 Å². The molecule has 0 spiro atoms. The fraction of sp³-hybridized carbons (Fsp3) is 0. The van der Waals surface area contributed by atoms with Crippen molar-refractivity contribution in [1.29, 1.82) is 0 Å². The maximum atomic E-state index is 13.0. The van der Waals surface area contributed by atoms with Crippen LogP contribution >= 0.6 is 0 Å². The molecule has 0 aromatic heterocycles. The van der Waals surface area contributed by atoms with Crippen LogP contribution in [0.2, 0.25) is 0 Å². The first kappa shape index (κ1) is 9.07. The van der Waals surface area contributed by atoms with Gasteiger partial charge < -0.3 is 4.18 Å². The summed E-state index contributed by atoms with van der Waals surface area (Å²) in [5, 5.41) is 0. The van der Waals surface area contributed by atoms with E-state index in [1.54, 1.807) is 0 Å². The van der Waals surface area contributed by atoms with E-state index in [0.717, 1.165) is 6.07 Å². The average Bonchev–Trinajstić information content (AvgIpc) is 2.29. The summed E-state index contributed by atoms with van der Waals surface area (Å²) in [5.41, 5.74) is -0.482. The van der Waals surface area contributed by atoms with Crippen LogP contribution < -0.4 is 0 Å². The highest BCUT2D eigenvalue weighted by atomic mass is 32.2. The molecule has 0 fully saturated rings. The second kappa shape index (κ2) is 2.50. The zero-order valence-corrected chi connectivity index (χ0v) is 7.27. The third-order valence-electron chi connectivity index (χ3n) is 1.71. The molecule has 1 aromatic rings. The fourth-order valence-corrected chi connectivity index (χ4v) is 2.23. The topological polar surface area (TPSA) is 60.4 Å². The standard InChI is InChI=1S/C7H2F2O4S/c8-4-2-1-3-6(5(4)9)14(11,12)13-7(3)10/h1-2H. The van der Waals surface area contributed by atoms with Crippen LogP contribution in [0.1, 0.15) is 10.4 Å². The lowest BCUT2D eigenvalue weighted by molar-refractivity contribution is 0.0762. The highest BCUT2D eigenvalue weighted by molar-refractivity contribution is 7.87. The van der Waals surface area contributed by atoms with Crippen molar-refractivity contribution in [2.75, 3.05) is 0 Å². The SMILES string of the molecule is O=C1OS(=O)(=O)c2c1ccc(F)c2F. The van der Waals surface area contributed by atoms with Gasteiger partial charge in [-0.25, -0.2) is 13.6 Å². The maximum absolute atomic E-state index is 13.0. The van der Waals surface area contributed by atoms with Crippen LogP contribution in [0.4, 0.5) is 8.78 Å². The summed E-state index contributed by atoms with van der Waals surface area (Å²) >= 11 is 0. The summed E-state index contributed by atoms with van der Waals surface area (Å²) in [6.07, 6.45) is 0. The number of rotatable bonds is 0. The third kappa shape index (κ3) is 1.02. The average molecular weight is 220 g/mol. The van der Waals surface area contributed by atoms with Crippen LogP contribution in [0.3, 0.4) is 0 Å². The summed E-state index contributed by atoms with van der Waals surface area (Å²) in [6, 6.07) is 1.52. The number of carbonyl (C=O) groups is 1. The van der Waals surface area contributed by atoms with Crippen molar-refractivity contribution in [3.63, 3.8) is 0 Å². The number of hydrogen-bond donors (Lipinski definition) is 0. The van der Waals surface area contributed by atoms with E-state index in [2.05, 4.69) is 4.18 Å². The van der Waals surface area contributed by atoms with Gasteiger partial charge in [0.1, 0.15) is 0 Å². The summed E-state index contributed by atoms with van der Waals surface area (Å²) < 4.78 is 51.5. The number of carbonyl (C=O) groups excluding carboxylic acids is 1. The Balaban J connectivity index is 2.91. The van der Waals surface area contributed by atoms with Gasteiger partial charge in [0.05, 0.1) is 5.56 Å². The Morgan fingerprint density at radius 3 is 2.50 bits per heavy atom. The number of hydrogen-bond acceptors (Lipinski definition) is 4. The summed E-state index contributed by atoms with van der Waals surface area (Å²) in [6.45, 7) is 0.